The van der Waals surface area contributed by atoms with E-state index in [4.69, 9.17) is 8.83 Å². The number of nitrogens with zero attached hydrogens (tertiary/aromatic N) is 1. The Morgan fingerprint density at radius 1 is 0.436 bits per heavy atom. The van der Waals surface area contributed by atoms with E-state index in [2.05, 4.69) is 114 Å². The van der Waals surface area contributed by atoms with Gasteiger partial charge in [-0.2, -0.15) is 0 Å². The predicted molar refractivity (Wildman–Crippen MR) is 161 cm³/mol. The molecule has 6 aromatic carbocycles. The zero-order valence-corrected chi connectivity index (χ0v) is 20.9. The van der Waals surface area contributed by atoms with Crippen molar-refractivity contribution < 1.29 is 8.83 Å². The van der Waals surface area contributed by atoms with Crippen molar-refractivity contribution in [3.63, 3.8) is 0 Å². The van der Waals surface area contributed by atoms with E-state index < -0.39 is 0 Å². The van der Waals surface area contributed by atoms with E-state index in [1.54, 1.807) is 0 Å². The maximum absolute atomic E-state index is 6.70. The molecule has 182 valence electrons. The summed E-state index contributed by atoms with van der Waals surface area (Å²) in [6, 6.07) is 44.6. The molecule has 0 aliphatic heterocycles. The Kier molecular flexibility index (Phi) is 4.05. The lowest BCUT2D eigenvalue weighted by molar-refractivity contribution is 0.666. The Balaban J connectivity index is 1.32. The van der Waals surface area contributed by atoms with Gasteiger partial charge >= 0.3 is 0 Å². The SMILES string of the molecule is c1ccc2c(c1)oc1cccc(-c3ccc4c(c3)oc3c(-n5c6ccccc6c6ccccc65)cccc34)c12. The van der Waals surface area contributed by atoms with Crippen LogP contribution in [-0.2, 0) is 0 Å². The number of fused-ring (bicyclic) bond motifs is 9. The minimum atomic E-state index is 0.875. The molecule has 0 saturated heterocycles. The maximum atomic E-state index is 6.70. The second-order valence-corrected chi connectivity index (χ2v) is 10.1. The van der Waals surface area contributed by atoms with Gasteiger partial charge in [-0.15, -0.1) is 0 Å². The topological polar surface area (TPSA) is 31.2 Å². The van der Waals surface area contributed by atoms with Crippen molar-refractivity contribution in [2.45, 2.75) is 0 Å². The molecule has 3 heterocycles. The number of hydrogen-bond acceptors (Lipinski definition) is 2. The molecule has 9 rings (SSSR count). The van der Waals surface area contributed by atoms with Crippen molar-refractivity contribution in [2.24, 2.45) is 0 Å². The van der Waals surface area contributed by atoms with Crippen LogP contribution >= 0.6 is 0 Å². The highest BCUT2D eigenvalue weighted by Gasteiger charge is 2.18. The van der Waals surface area contributed by atoms with Gasteiger partial charge in [-0.3, -0.25) is 0 Å². The van der Waals surface area contributed by atoms with Gasteiger partial charge in [-0.05, 0) is 53.6 Å². The minimum Gasteiger partial charge on any atom is -0.456 e. The summed E-state index contributed by atoms with van der Waals surface area (Å²) in [5.41, 5.74) is 9.21. The molecule has 0 spiro atoms. The molecule has 0 aliphatic rings. The standard InChI is InChI=1S/C36H21NO2/c1-4-14-29-24(9-1)25-10-2-5-15-30(25)37(29)31-16-7-13-27-26-20-19-22(21-34(26)39-36(27)31)23-12-8-18-33-35(23)28-11-3-6-17-32(28)38-33/h1-21H. The number of rotatable bonds is 2. The Bertz CT molecular complexity index is 2350. The normalized spacial score (nSPS) is 12.1. The molecule has 0 atom stereocenters. The first kappa shape index (κ1) is 20.7. The summed E-state index contributed by atoms with van der Waals surface area (Å²) in [7, 11) is 0. The minimum absolute atomic E-state index is 0.875. The third-order valence-electron chi connectivity index (χ3n) is 8.01. The first-order valence-corrected chi connectivity index (χ1v) is 13.2. The van der Waals surface area contributed by atoms with Crippen LogP contribution in [0.4, 0.5) is 0 Å². The molecule has 0 fully saturated rings. The molecular weight excluding hydrogens is 478 g/mol. The fourth-order valence-corrected chi connectivity index (χ4v) is 6.32. The van der Waals surface area contributed by atoms with Gasteiger partial charge in [-0.25, -0.2) is 0 Å². The molecule has 3 nitrogen and oxygen atoms in total. The van der Waals surface area contributed by atoms with Gasteiger partial charge in [0.25, 0.3) is 0 Å². The van der Waals surface area contributed by atoms with Crippen molar-refractivity contribution in [3.05, 3.63) is 127 Å². The third-order valence-corrected chi connectivity index (χ3v) is 8.01. The van der Waals surface area contributed by atoms with Gasteiger partial charge in [0.15, 0.2) is 5.58 Å². The summed E-state index contributed by atoms with van der Waals surface area (Å²) in [5.74, 6) is 0. The van der Waals surface area contributed by atoms with E-state index in [9.17, 15) is 0 Å². The molecule has 0 bridgehead atoms. The summed E-state index contributed by atoms with van der Waals surface area (Å²) in [5, 5.41) is 6.97. The van der Waals surface area contributed by atoms with Crippen LogP contribution in [0.15, 0.2) is 136 Å². The fraction of sp³-hybridized carbons (Fsp3) is 0. The van der Waals surface area contributed by atoms with E-state index in [0.717, 1.165) is 60.7 Å². The van der Waals surface area contributed by atoms with Crippen LogP contribution < -0.4 is 0 Å². The molecule has 0 N–H and O–H groups in total. The quantitative estimate of drug-likeness (QED) is 0.237. The van der Waals surface area contributed by atoms with Crippen LogP contribution in [0.1, 0.15) is 0 Å². The lowest BCUT2D eigenvalue weighted by Crippen LogP contribution is -1.93. The average molecular weight is 500 g/mol. The zero-order valence-electron chi connectivity index (χ0n) is 20.9. The molecule has 0 amide bonds. The van der Waals surface area contributed by atoms with Crippen LogP contribution in [0.25, 0.3) is 82.5 Å². The van der Waals surface area contributed by atoms with Crippen molar-refractivity contribution in [2.75, 3.05) is 0 Å². The fourth-order valence-electron chi connectivity index (χ4n) is 6.32. The van der Waals surface area contributed by atoms with E-state index in [-0.39, 0.29) is 0 Å². The van der Waals surface area contributed by atoms with Gasteiger partial charge in [0.05, 0.1) is 16.7 Å². The van der Waals surface area contributed by atoms with E-state index in [1.165, 1.54) is 21.8 Å². The van der Waals surface area contributed by atoms with Crippen molar-refractivity contribution in [1.82, 2.24) is 4.57 Å². The molecular formula is C36H21NO2. The lowest BCUT2D eigenvalue weighted by Gasteiger charge is -2.08. The first-order valence-electron chi connectivity index (χ1n) is 13.2. The van der Waals surface area contributed by atoms with Crippen LogP contribution in [0.5, 0.6) is 0 Å². The second-order valence-electron chi connectivity index (χ2n) is 10.1. The van der Waals surface area contributed by atoms with Crippen LogP contribution in [0.3, 0.4) is 0 Å². The van der Waals surface area contributed by atoms with Crippen LogP contribution in [-0.4, -0.2) is 4.57 Å². The lowest BCUT2D eigenvalue weighted by atomic mass is 9.98. The highest BCUT2D eigenvalue weighted by atomic mass is 16.3. The monoisotopic (exact) mass is 499 g/mol. The summed E-state index contributed by atoms with van der Waals surface area (Å²) >= 11 is 0. The summed E-state index contributed by atoms with van der Waals surface area (Å²) in [6.07, 6.45) is 0. The second kappa shape index (κ2) is 7.62. The largest absolute Gasteiger partial charge is 0.456 e. The average Bonchev–Trinajstić information content (AvgIpc) is 3.66. The molecule has 0 aliphatic carbocycles. The first-order chi connectivity index (χ1) is 19.3. The van der Waals surface area contributed by atoms with E-state index in [1.807, 2.05) is 18.2 Å². The Labute approximate surface area is 223 Å². The zero-order chi connectivity index (χ0) is 25.5. The van der Waals surface area contributed by atoms with Gasteiger partial charge in [0.2, 0.25) is 0 Å². The van der Waals surface area contributed by atoms with Crippen LogP contribution in [0, 0.1) is 0 Å². The van der Waals surface area contributed by atoms with Gasteiger partial charge in [-0.1, -0.05) is 84.9 Å². The number of furan rings is 2. The van der Waals surface area contributed by atoms with Gasteiger partial charge in [0, 0.05) is 32.3 Å². The molecule has 3 aromatic heterocycles. The molecule has 9 aromatic rings. The highest BCUT2D eigenvalue weighted by Crippen LogP contribution is 2.41. The summed E-state index contributed by atoms with van der Waals surface area (Å²) < 4.78 is 15.2. The molecule has 0 saturated carbocycles. The van der Waals surface area contributed by atoms with Crippen molar-refractivity contribution in [1.29, 1.82) is 0 Å². The third kappa shape index (κ3) is 2.82. The number of benzene rings is 6. The van der Waals surface area contributed by atoms with E-state index >= 15 is 0 Å². The Morgan fingerprint density at radius 2 is 1.10 bits per heavy atom. The Hall–Kier alpha value is -5.28. The number of hydrogen-bond donors (Lipinski definition) is 0. The summed E-state index contributed by atoms with van der Waals surface area (Å²) in [6.45, 7) is 0. The van der Waals surface area contributed by atoms with Crippen LogP contribution in [0.2, 0.25) is 0 Å². The molecule has 39 heavy (non-hydrogen) atoms. The van der Waals surface area contributed by atoms with Gasteiger partial charge < -0.3 is 13.4 Å². The Morgan fingerprint density at radius 3 is 1.92 bits per heavy atom. The predicted octanol–water partition coefficient (Wildman–Crippen LogP) is 10.2. The maximum Gasteiger partial charge on any atom is 0.159 e. The van der Waals surface area contributed by atoms with Gasteiger partial charge in [0.1, 0.15) is 16.7 Å². The van der Waals surface area contributed by atoms with Crippen molar-refractivity contribution in [3.8, 4) is 16.8 Å². The molecule has 0 radical (unpaired) electrons. The number of aromatic nitrogens is 1. The highest BCUT2D eigenvalue weighted by molar-refractivity contribution is 6.15. The van der Waals surface area contributed by atoms with Crippen molar-refractivity contribution >= 4 is 65.7 Å². The van der Waals surface area contributed by atoms with E-state index in [0.29, 0.717) is 0 Å². The summed E-state index contributed by atoms with van der Waals surface area (Å²) in [4.78, 5) is 0. The molecule has 0 unspecified atom stereocenters. The molecule has 3 heteroatoms. The smallest absolute Gasteiger partial charge is 0.159 e. The number of para-hydroxylation sites is 4.